The van der Waals surface area contributed by atoms with E-state index < -0.39 is 0 Å². The van der Waals surface area contributed by atoms with Gasteiger partial charge in [-0.25, -0.2) is 0 Å². The molecule has 1 N–H and O–H groups in total. The highest BCUT2D eigenvalue weighted by molar-refractivity contribution is 5.98. The summed E-state index contributed by atoms with van der Waals surface area (Å²) in [5.74, 6) is 1.48. The molecule has 3 aromatic rings. The van der Waals surface area contributed by atoms with Gasteiger partial charge in [-0.3, -0.25) is 39.3 Å². The molecule has 0 spiro atoms. The smallest absolute Gasteiger partial charge is 0.256 e. The van der Waals surface area contributed by atoms with Gasteiger partial charge >= 0.3 is 0 Å². The predicted molar refractivity (Wildman–Crippen MR) is 189 cm³/mol. The van der Waals surface area contributed by atoms with Gasteiger partial charge in [0.05, 0.1) is 32.9 Å². The van der Waals surface area contributed by atoms with Crippen molar-refractivity contribution in [3.05, 3.63) is 80.8 Å². The Kier molecular flexibility index (Phi) is 9.56. The number of rotatable bonds is 10. The molecule has 50 heavy (non-hydrogen) atoms. The molecule has 262 valence electrons. The first-order chi connectivity index (χ1) is 24.2. The van der Waals surface area contributed by atoms with Crippen LogP contribution in [0.5, 0.6) is 11.5 Å². The molecule has 0 bridgehead atoms. The number of aromatic nitrogens is 1. The molecule has 1 aromatic heterocycles. The first-order valence-electron chi connectivity index (χ1n) is 17.3. The molecule has 3 amide bonds. The third-order valence-corrected chi connectivity index (χ3v) is 10.6. The number of carbonyl (C=O) groups excluding carboxylic acids is 3. The minimum atomic E-state index is -0.184. The van der Waals surface area contributed by atoms with Crippen molar-refractivity contribution in [1.82, 2.24) is 24.6 Å². The Morgan fingerprint density at radius 1 is 0.960 bits per heavy atom. The van der Waals surface area contributed by atoms with Gasteiger partial charge in [0.25, 0.3) is 5.56 Å². The average molecular weight is 681 g/mol. The SMILES string of the molecule is COc1cc(-c2cn(C)c(=O)c3c2C=NC3)cc(OC)c1CN1CCN(C(=O)CN2CC(c3ccc(CC4CCC(=O)NC4=O)cc3)C2)CC1. The Balaban J connectivity index is 0.905. The number of hydrogen-bond donors (Lipinski definition) is 1. The third kappa shape index (κ3) is 6.82. The summed E-state index contributed by atoms with van der Waals surface area (Å²) in [5.41, 5.74) is 6.61. The molecule has 0 aliphatic carbocycles. The number of likely N-dealkylation sites (tertiary alicyclic amines) is 1. The number of ether oxygens (including phenoxy) is 2. The number of amides is 3. The number of pyridine rings is 1. The number of piperazine rings is 1. The van der Waals surface area contributed by atoms with Gasteiger partial charge in [-0.1, -0.05) is 24.3 Å². The minimum Gasteiger partial charge on any atom is -0.496 e. The van der Waals surface area contributed by atoms with Crippen LogP contribution in [0.2, 0.25) is 0 Å². The Morgan fingerprint density at radius 2 is 1.66 bits per heavy atom. The number of benzene rings is 2. The molecule has 4 aliphatic heterocycles. The lowest BCUT2D eigenvalue weighted by atomic mass is 9.88. The molecule has 1 unspecified atom stereocenters. The van der Waals surface area contributed by atoms with Crippen molar-refractivity contribution in [3.63, 3.8) is 0 Å². The van der Waals surface area contributed by atoms with Crippen molar-refractivity contribution in [3.8, 4) is 22.6 Å². The molecule has 12 nitrogen and oxygen atoms in total. The number of nitrogens with zero attached hydrogens (tertiary/aromatic N) is 5. The van der Waals surface area contributed by atoms with Gasteiger partial charge in [0.15, 0.2) is 0 Å². The zero-order valence-corrected chi connectivity index (χ0v) is 28.9. The highest BCUT2D eigenvalue weighted by atomic mass is 16.5. The molecule has 7 rings (SSSR count). The van der Waals surface area contributed by atoms with Crippen LogP contribution < -0.4 is 20.3 Å². The van der Waals surface area contributed by atoms with Crippen molar-refractivity contribution in [2.24, 2.45) is 18.0 Å². The fourth-order valence-corrected chi connectivity index (χ4v) is 7.59. The zero-order chi connectivity index (χ0) is 34.9. The number of hydrogen-bond acceptors (Lipinski definition) is 9. The first kappa shape index (κ1) is 33.7. The predicted octanol–water partition coefficient (Wildman–Crippen LogP) is 2.34. The maximum Gasteiger partial charge on any atom is 0.256 e. The largest absolute Gasteiger partial charge is 0.496 e. The minimum absolute atomic E-state index is 0.0317. The zero-order valence-electron chi connectivity index (χ0n) is 28.9. The van der Waals surface area contributed by atoms with Gasteiger partial charge in [-0.05, 0) is 41.7 Å². The fourth-order valence-electron chi connectivity index (χ4n) is 7.59. The van der Waals surface area contributed by atoms with Gasteiger partial charge in [-0.2, -0.15) is 0 Å². The van der Waals surface area contributed by atoms with E-state index in [1.54, 1.807) is 32.0 Å². The summed E-state index contributed by atoms with van der Waals surface area (Å²) in [6, 6.07) is 12.4. The molecule has 3 saturated heterocycles. The topological polar surface area (TPSA) is 126 Å². The molecule has 3 fully saturated rings. The van der Waals surface area contributed by atoms with Crippen molar-refractivity contribution >= 4 is 23.9 Å². The number of imide groups is 1. The number of carbonyl (C=O) groups is 3. The van der Waals surface area contributed by atoms with E-state index in [4.69, 9.17) is 9.47 Å². The van der Waals surface area contributed by atoms with Crippen LogP contribution in [-0.2, 0) is 40.9 Å². The second-order valence-corrected chi connectivity index (χ2v) is 13.8. The van der Waals surface area contributed by atoms with Crippen molar-refractivity contribution in [1.29, 1.82) is 0 Å². The van der Waals surface area contributed by atoms with Crippen LogP contribution in [0.25, 0.3) is 11.1 Å². The van der Waals surface area contributed by atoms with Crippen molar-refractivity contribution in [2.75, 3.05) is 60.0 Å². The van der Waals surface area contributed by atoms with Crippen LogP contribution in [0.1, 0.15) is 46.6 Å². The molecule has 1 atom stereocenters. The molecule has 12 heteroatoms. The maximum absolute atomic E-state index is 13.2. The molecule has 5 heterocycles. The number of aliphatic imine (C=N–C) groups is 1. The lowest BCUT2D eigenvalue weighted by Crippen LogP contribution is -2.54. The van der Waals surface area contributed by atoms with Crippen LogP contribution in [0.4, 0.5) is 0 Å². The second-order valence-electron chi connectivity index (χ2n) is 13.8. The number of aryl methyl sites for hydroxylation is 1. The quantitative estimate of drug-likeness (QED) is 0.324. The van der Waals surface area contributed by atoms with E-state index in [-0.39, 0.29) is 29.2 Å². The average Bonchev–Trinajstić information content (AvgIpc) is 3.60. The molecular weight excluding hydrogens is 636 g/mol. The van der Waals surface area contributed by atoms with Gasteiger partial charge in [0, 0.05) is 100 Å². The highest BCUT2D eigenvalue weighted by Crippen LogP contribution is 2.38. The maximum atomic E-state index is 13.2. The van der Waals surface area contributed by atoms with Crippen LogP contribution in [0.3, 0.4) is 0 Å². The van der Waals surface area contributed by atoms with Gasteiger partial charge in [0.2, 0.25) is 17.7 Å². The summed E-state index contributed by atoms with van der Waals surface area (Å²) < 4.78 is 13.3. The van der Waals surface area contributed by atoms with Gasteiger partial charge in [0.1, 0.15) is 11.5 Å². The van der Waals surface area contributed by atoms with E-state index in [1.807, 2.05) is 23.2 Å². The standard InChI is InChI=1S/C38H44N6O6/c1-41-21-31(29-17-39-18-30(29)38(41)48)27-15-33(49-2)32(34(16-27)50-3)22-42-10-12-44(13-11-42)36(46)23-43-19-28(20-43)25-6-4-24(5-7-25)14-26-8-9-35(45)40-37(26)47/h4-7,15-17,21,26,28H,8-14,18-20,22-23H2,1-3H3,(H,40,45,47). The van der Waals surface area contributed by atoms with E-state index >= 15 is 0 Å². The normalized spacial score (nSPS) is 19.7. The van der Waals surface area contributed by atoms with E-state index in [1.165, 1.54) is 5.56 Å². The third-order valence-electron chi connectivity index (χ3n) is 10.6. The van der Waals surface area contributed by atoms with E-state index in [0.29, 0.717) is 75.0 Å². The number of methoxy groups -OCH3 is 2. The van der Waals surface area contributed by atoms with Crippen LogP contribution in [0.15, 0.2) is 52.4 Å². The second kappa shape index (κ2) is 14.2. The lowest BCUT2D eigenvalue weighted by molar-refractivity contribution is -0.137. The highest BCUT2D eigenvalue weighted by Gasteiger charge is 2.32. The number of fused-ring (bicyclic) bond motifs is 1. The van der Waals surface area contributed by atoms with Crippen LogP contribution in [-0.4, -0.2) is 103 Å². The lowest BCUT2D eigenvalue weighted by Gasteiger charge is -2.41. The summed E-state index contributed by atoms with van der Waals surface area (Å²) in [5, 5.41) is 2.44. The summed E-state index contributed by atoms with van der Waals surface area (Å²) in [7, 11) is 5.07. The molecule has 0 radical (unpaired) electrons. The summed E-state index contributed by atoms with van der Waals surface area (Å²) >= 11 is 0. The number of nitrogens with one attached hydrogen (secondary N) is 1. The summed E-state index contributed by atoms with van der Waals surface area (Å²) in [6.45, 7) is 5.96. The summed E-state index contributed by atoms with van der Waals surface area (Å²) in [6.07, 6.45) is 5.25. The fraction of sp³-hybridized carbons (Fsp3) is 0.447. The van der Waals surface area contributed by atoms with Crippen LogP contribution in [0, 0.1) is 5.92 Å². The van der Waals surface area contributed by atoms with Crippen molar-refractivity contribution in [2.45, 2.75) is 38.3 Å². The van der Waals surface area contributed by atoms with E-state index in [0.717, 1.165) is 54.0 Å². The molecular formula is C38H44N6O6. The molecule has 2 aromatic carbocycles. The Bertz CT molecular complexity index is 1860. The van der Waals surface area contributed by atoms with Crippen molar-refractivity contribution < 1.29 is 23.9 Å². The van der Waals surface area contributed by atoms with Gasteiger partial charge < -0.3 is 18.9 Å². The Labute approximate surface area is 291 Å². The molecule has 0 saturated carbocycles. The Morgan fingerprint density at radius 3 is 2.32 bits per heavy atom. The van der Waals surface area contributed by atoms with Crippen LogP contribution >= 0.6 is 0 Å². The first-order valence-corrected chi connectivity index (χ1v) is 17.3. The summed E-state index contributed by atoms with van der Waals surface area (Å²) in [4.78, 5) is 60.2. The molecule has 4 aliphatic rings. The monoisotopic (exact) mass is 680 g/mol. The van der Waals surface area contributed by atoms with Gasteiger partial charge in [-0.15, -0.1) is 0 Å². The van der Waals surface area contributed by atoms with E-state index in [9.17, 15) is 19.2 Å². The van der Waals surface area contributed by atoms with E-state index in [2.05, 4.69) is 44.4 Å². The Hall–Kier alpha value is -4.81. The number of piperidine rings is 1.